The maximum absolute atomic E-state index is 12.7. The highest BCUT2D eigenvalue weighted by Crippen LogP contribution is 2.24. The van der Waals surface area contributed by atoms with Crippen LogP contribution in [0, 0.1) is 0 Å². The Morgan fingerprint density at radius 3 is 2.59 bits per heavy atom. The number of aldehydes is 1. The van der Waals surface area contributed by atoms with Gasteiger partial charge in [-0.15, -0.1) is 0 Å². The Bertz CT molecular complexity index is 589. The largest absolute Gasteiger partial charge is 0.444 e. The normalized spacial score (nSPS) is 18.1. The first-order valence-electron chi connectivity index (χ1n) is 7.41. The van der Waals surface area contributed by atoms with Gasteiger partial charge in [0.25, 0.3) is 0 Å². The molecule has 5 nitrogen and oxygen atoms in total. The van der Waals surface area contributed by atoms with Gasteiger partial charge < -0.3 is 4.74 Å². The minimum Gasteiger partial charge on any atom is -0.444 e. The number of nitrogens with zero attached hydrogens (tertiary/aromatic N) is 1. The second kappa shape index (κ2) is 6.30. The van der Waals surface area contributed by atoms with Gasteiger partial charge in [-0.2, -0.15) is 0 Å². The molecule has 1 aliphatic heterocycles. The van der Waals surface area contributed by atoms with Crippen molar-refractivity contribution in [3.63, 3.8) is 0 Å². The molecule has 118 valence electrons. The minimum atomic E-state index is -0.603. The highest BCUT2D eigenvalue weighted by atomic mass is 16.6. The first-order chi connectivity index (χ1) is 10.3. The molecule has 1 amide bonds. The molecule has 1 aliphatic rings. The third-order valence-electron chi connectivity index (χ3n) is 3.54. The molecule has 1 aromatic carbocycles. The molecular weight excluding hydrogens is 282 g/mol. The number of carbonyl (C=O) groups is 3. The van der Waals surface area contributed by atoms with E-state index in [0.717, 1.165) is 6.42 Å². The Kier molecular flexibility index (Phi) is 4.64. The molecule has 1 heterocycles. The molecule has 0 spiro atoms. The standard InChI is InChI=1S/C17H21NO4/c1-17(2,3)22-16(21)18-10-6-9-14(18)15(20)13-8-5-4-7-12(13)11-19/h4-5,7-8,11,14H,6,9-10H2,1-3H3/t14-/m0/s1. The van der Waals surface area contributed by atoms with Gasteiger partial charge in [0, 0.05) is 17.7 Å². The van der Waals surface area contributed by atoms with Gasteiger partial charge in [0.2, 0.25) is 0 Å². The Hall–Kier alpha value is -2.17. The molecule has 0 unspecified atom stereocenters. The molecule has 2 rings (SSSR count). The number of carbonyl (C=O) groups excluding carboxylic acids is 3. The summed E-state index contributed by atoms with van der Waals surface area (Å²) in [6.45, 7) is 5.87. The molecule has 1 fully saturated rings. The number of benzene rings is 1. The van der Waals surface area contributed by atoms with E-state index in [1.807, 2.05) is 0 Å². The minimum absolute atomic E-state index is 0.203. The quantitative estimate of drug-likeness (QED) is 0.636. The molecule has 0 bridgehead atoms. The van der Waals surface area contributed by atoms with Crippen LogP contribution < -0.4 is 0 Å². The number of amides is 1. The first-order valence-corrected chi connectivity index (χ1v) is 7.41. The lowest BCUT2D eigenvalue weighted by Gasteiger charge is -2.28. The van der Waals surface area contributed by atoms with Crippen LogP contribution in [0.1, 0.15) is 54.3 Å². The summed E-state index contributed by atoms with van der Waals surface area (Å²) in [5, 5.41) is 0. The van der Waals surface area contributed by atoms with Gasteiger partial charge in [-0.1, -0.05) is 24.3 Å². The van der Waals surface area contributed by atoms with Crippen molar-refractivity contribution >= 4 is 18.2 Å². The fourth-order valence-corrected chi connectivity index (χ4v) is 2.58. The maximum atomic E-state index is 12.7. The Balaban J connectivity index is 2.21. The molecule has 1 atom stereocenters. The third kappa shape index (κ3) is 3.53. The van der Waals surface area contributed by atoms with Crippen LogP contribution in [0.3, 0.4) is 0 Å². The number of rotatable bonds is 3. The lowest BCUT2D eigenvalue weighted by molar-refractivity contribution is 0.0222. The van der Waals surface area contributed by atoms with Gasteiger partial charge in [0.15, 0.2) is 12.1 Å². The van der Waals surface area contributed by atoms with Crippen molar-refractivity contribution in [1.82, 2.24) is 4.90 Å². The molecule has 0 N–H and O–H groups in total. The van der Waals surface area contributed by atoms with Crippen molar-refractivity contribution in [2.45, 2.75) is 45.3 Å². The summed E-state index contributed by atoms with van der Waals surface area (Å²) in [4.78, 5) is 37.5. The van der Waals surface area contributed by atoms with Crippen molar-refractivity contribution in [1.29, 1.82) is 0 Å². The summed E-state index contributed by atoms with van der Waals surface area (Å²) in [6.07, 6.45) is 1.52. The highest BCUT2D eigenvalue weighted by Gasteiger charge is 2.37. The van der Waals surface area contributed by atoms with Crippen LogP contribution in [0.2, 0.25) is 0 Å². The SMILES string of the molecule is CC(C)(C)OC(=O)N1CCC[C@H]1C(=O)c1ccccc1C=O. The van der Waals surface area contributed by atoms with E-state index in [1.165, 1.54) is 4.90 Å². The van der Waals surface area contributed by atoms with Gasteiger partial charge in [-0.05, 0) is 33.6 Å². The van der Waals surface area contributed by atoms with E-state index < -0.39 is 17.7 Å². The average molecular weight is 303 g/mol. The smallest absolute Gasteiger partial charge is 0.410 e. The molecule has 1 aromatic rings. The van der Waals surface area contributed by atoms with Crippen LogP contribution in [-0.4, -0.2) is 41.3 Å². The molecule has 0 saturated carbocycles. The van der Waals surface area contributed by atoms with Crippen molar-refractivity contribution in [2.24, 2.45) is 0 Å². The topological polar surface area (TPSA) is 63.7 Å². The molecule has 0 radical (unpaired) electrons. The van der Waals surface area contributed by atoms with Gasteiger partial charge >= 0.3 is 6.09 Å². The summed E-state index contributed by atoms with van der Waals surface area (Å²) in [7, 11) is 0. The van der Waals surface area contributed by atoms with E-state index in [2.05, 4.69) is 0 Å². The van der Waals surface area contributed by atoms with E-state index in [9.17, 15) is 14.4 Å². The second-order valence-electron chi connectivity index (χ2n) is 6.40. The Morgan fingerprint density at radius 2 is 1.95 bits per heavy atom. The third-order valence-corrected chi connectivity index (χ3v) is 3.54. The molecule has 0 aromatic heterocycles. The number of likely N-dealkylation sites (tertiary alicyclic amines) is 1. The number of ether oxygens (including phenoxy) is 1. The molecule has 22 heavy (non-hydrogen) atoms. The number of Topliss-reactive ketones (excluding diaryl/α,β-unsaturated/α-hetero) is 1. The molecule has 0 aliphatic carbocycles. The van der Waals surface area contributed by atoms with Crippen LogP contribution in [0.15, 0.2) is 24.3 Å². The van der Waals surface area contributed by atoms with Crippen LogP contribution in [0.4, 0.5) is 4.79 Å². The van der Waals surface area contributed by atoms with E-state index in [-0.39, 0.29) is 5.78 Å². The molecular formula is C17H21NO4. The fourth-order valence-electron chi connectivity index (χ4n) is 2.58. The number of ketones is 1. The zero-order valence-corrected chi connectivity index (χ0v) is 13.2. The number of hydrogen-bond acceptors (Lipinski definition) is 4. The predicted molar refractivity (Wildman–Crippen MR) is 82.1 cm³/mol. The second-order valence-corrected chi connectivity index (χ2v) is 6.40. The lowest BCUT2D eigenvalue weighted by atomic mass is 9.98. The average Bonchev–Trinajstić information content (AvgIpc) is 2.94. The zero-order chi connectivity index (χ0) is 16.3. The highest BCUT2D eigenvalue weighted by molar-refractivity contribution is 6.06. The van der Waals surface area contributed by atoms with Crippen LogP contribution >= 0.6 is 0 Å². The van der Waals surface area contributed by atoms with Crippen LogP contribution in [-0.2, 0) is 4.74 Å². The van der Waals surface area contributed by atoms with Gasteiger partial charge in [0.1, 0.15) is 5.60 Å². The van der Waals surface area contributed by atoms with E-state index in [4.69, 9.17) is 4.74 Å². The fraction of sp³-hybridized carbons (Fsp3) is 0.471. The first kappa shape index (κ1) is 16.2. The van der Waals surface area contributed by atoms with Crippen LogP contribution in [0.5, 0.6) is 0 Å². The van der Waals surface area contributed by atoms with Gasteiger partial charge in [0.05, 0.1) is 6.04 Å². The number of hydrogen-bond donors (Lipinski definition) is 0. The van der Waals surface area contributed by atoms with Gasteiger partial charge in [-0.25, -0.2) is 4.79 Å². The summed E-state index contributed by atoms with van der Waals surface area (Å²) >= 11 is 0. The Morgan fingerprint density at radius 1 is 1.27 bits per heavy atom. The predicted octanol–water partition coefficient (Wildman–Crippen LogP) is 3.08. The maximum Gasteiger partial charge on any atom is 0.410 e. The monoisotopic (exact) mass is 303 g/mol. The lowest BCUT2D eigenvalue weighted by Crippen LogP contribution is -2.43. The summed E-state index contributed by atoms with van der Waals surface area (Å²) < 4.78 is 5.36. The van der Waals surface area contributed by atoms with Crippen molar-refractivity contribution in [3.8, 4) is 0 Å². The Labute approximate surface area is 130 Å². The summed E-state index contributed by atoms with van der Waals surface area (Å²) in [5.41, 5.74) is 0.107. The van der Waals surface area contributed by atoms with Crippen LogP contribution in [0.25, 0.3) is 0 Å². The van der Waals surface area contributed by atoms with Crippen molar-refractivity contribution < 1.29 is 19.1 Å². The molecule has 1 saturated heterocycles. The van der Waals surface area contributed by atoms with E-state index in [1.54, 1.807) is 45.0 Å². The van der Waals surface area contributed by atoms with E-state index in [0.29, 0.717) is 30.4 Å². The van der Waals surface area contributed by atoms with Gasteiger partial charge in [-0.3, -0.25) is 14.5 Å². The summed E-state index contributed by atoms with van der Waals surface area (Å²) in [6, 6.07) is 6.09. The van der Waals surface area contributed by atoms with E-state index >= 15 is 0 Å². The van der Waals surface area contributed by atoms with Crippen molar-refractivity contribution in [2.75, 3.05) is 6.54 Å². The molecule has 5 heteroatoms. The summed E-state index contributed by atoms with van der Waals surface area (Å²) in [5.74, 6) is -0.203. The van der Waals surface area contributed by atoms with Crippen molar-refractivity contribution in [3.05, 3.63) is 35.4 Å². The zero-order valence-electron chi connectivity index (χ0n) is 13.2.